The molecule has 2 amide bonds. The van der Waals surface area contributed by atoms with Crippen LogP contribution in [-0.4, -0.2) is 59.4 Å². The van der Waals surface area contributed by atoms with Crippen molar-refractivity contribution in [3.63, 3.8) is 0 Å². The number of hydrogen-bond acceptors (Lipinski definition) is 3. The van der Waals surface area contributed by atoms with Crippen LogP contribution >= 0.6 is 0 Å². The fourth-order valence-corrected chi connectivity index (χ4v) is 5.27. The molecule has 2 fully saturated rings. The SMILES string of the molecule is CCN1C(=O)[C@H](CC(C)C)NC(=O)C12CCN(CCCCCCc1ccccc1)CC2. The second kappa shape index (κ2) is 11.1. The predicted octanol–water partition coefficient (Wildman–Crippen LogP) is 4.02. The standard InChI is InChI=1S/C26H41N3O2/c1-4-29-24(30)23(20-21(2)3)27-25(31)26(29)15-18-28(19-16-26)17-11-6-5-8-12-22-13-9-7-10-14-22/h7,9-10,13-14,21,23H,4-6,8,11-12,15-20H2,1-3H3,(H,27,31)/t23-/m0/s1. The third-order valence-electron chi connectivity index (χ3n) is 7.05. The van der Waals surface area contributed by atoms with Crippen LogP contribution in [0.2, 0.25) is 0 Å². The highest BCUT2D eigenvalue weighted by Gasteiger charge is 2.52. The fourth-order valence-electron chi connectivity index (χ4n) is 5.27. The Morgan fingerprint density at radius 1 is 1.03 bits per heavy atom. The van der Waals surface area contributed by atoms with E-state index >= 15 is 0 Å². The van der Waals surface area contributed by atoms with E-state index in [4.69, 9.17) is 0 Å². The molecule has 5 nitrogen and oxygen atoms in total. The van der Waals surface area contributed by atoms with Crippen molar-refractivity contribution in [2.24, 2.45) is 5.92 Å². The number of piperazine rings is 1. The van der Waals surface area contributed by atoms with E-state index in [1.807, 2.05) is 11.8 Å². The molecular weight excluding hydrogens is 386 g/mol. The number of rotatable bonds is 10. The lowest BCUT2D eigenvalue weighted by atomic mass is 9.81. The number of aryl methyl sites for hydroxylation is 1. The number of carbonyl (C=O) groups excluding carboxylic acids is 2. The van der Waals surface area contributed by atoms with Gasteiger partial charge in [0.05, 0.1) is 0 Å². The molecule has 2 aliphatic rings. The predicted molar refractivity (Wildman–Crippen MR) is 126 cm³/mol. The summed E-state index contributed by atoms with van der Waals surface area (Å²) in [5.41, 5.74) is 0.797. The summed E-state index contributed by atoms with van der Waals surface area (Å²) in [7, 11) is 0. The largest absolute Gasteiger partial charge is 0.342 e. The Bertz CT molecular complexity index is 711. The lowest BCUT2D eigenvalue weighted by molar-refractivity contribution is -0.161. The zero-order chi connectivity index (χ0) is 22.3. The third-order valence-corrected chi connectivity index (χ3v) is 7.05. The Balaban J connectivity index is 1.41. The summed E-state index contributed by atoms with van der Waals surface area (Å²) < 4.78 is 0. The number of likely N-dealkylation sites (N-methyl/N-ethyl adjacent to an activating group) is 1. The van der Waals surface area contributed by atoms with Gasteiger partial charge < -0.3 is 15.1 Å². The maximum atomic E-state index is 13.1. The van der Waals surface area contributed by atoms with E-state index in [1.165, 1.54) is 37.7 Å². The van der Waals surface area contributed by atoms with Crippen molar-refractivity contribution in [1.29, 1.82) is 0 Å². The van der Waals surface area contributed by atoms with Gasteiger partial charge in [0.25, 0.3) is 0 Å². The third kappa shape index (κ3) is 5.88. The molecule has 1 aromatic rings. The molecule has 5 heteroatoms. The number of hydrogen-bond donors (Lipinski definition) is 1. The number of nitrogens with zero attached hydrogens (tertiary/aromatic N) is 2. The Morgan fingerprint density at radius 2 is 1.71 bits per heavy atom. The molecule has 0 bridgehead atoms. The molecule has 31 heavy (non-hydrogen) atoms. The zero-order valence-corrected chi connectivity index (χ0v) is 19.7. The Kier molecular flexibility index (Phi) is 8.53. The quantitative estimate of drug-likeness (QED) is 0.574. The molecule has 2 heterocycles. The van der Waals surface area contributed by atoms with Gasteiger partial charge in [-0.25, -0.2) is 0 Å². The smallest absolute Gasteiger partial charge is 0.246 e. The van der Waals surface area contributed by atoms with Crippen LogP contribution in [0.1, 0.15) is 71.3 Å². The van der Waals surface area contributed by atoms with Crippen molar-refractivity contribution in [3.05, 3.63) is 35.9 Å². The highest BCUT2D eigenvalue weighted by atomic mass is 16.2. The first-order chi connectivity index (χ1) is 15.0. The second-order valence-electron chi connectivity index (χ2n) is 9.76. The Hall–Kier alpha value is -1.88. The van der Waals surface area contributed by atoms with E-state index in [0.717, 1.165) is 32.5 Å². The topological polar surface area (TPSA) is 52.7 Å². The molecule has 1 spiro atoms. The number of unbranched alkanes of at least 4 members (excludes halogenated alkanes) is 3. The van der Waals surface area contributed by atoms with Gasteiger partial charge in [-0.2, -0.15) is 0 Å². The average Bonchev–Trinajstić information content (AvgIpc) is 2.76. The first kappa shape index (κ1) is 23.8. The van der Waals surface area contributed by atoms with Crippen molar-refractivity contribution in [1.82, 2.24) is 15.1 Å². The van der Waals surface area contributed by atoms with Crippen molar-refractivity contribution in [2.45, 2.75) is 83.7 Å². The summed E-state index contributed by atoms with van der Waals surface area (Å²) >= 11 is 0. The first-order valence-electron chi connectivity index (χ1n) is 12.3. The molecular formula is C26H41N3O2. The summed E-state index contributed by atoms with van der Waals surface area (Å²) in [6.45, 7) is 9.71. The number of benzene rings is 1. The molecule has 0 unspecified atom stereocenters. The minimum atomic E-state index is -0.633. The minimum Gasteiger partial charge on any atom is -0.342 e. The van der Waals surface area contributed by atoms with E-state index in [-0.39, 0.29) is 17.9 Å². The van der Waals surface area contributed by atoms with Gasteiger partial charge in [-0.3, -0.25) is 9.59 Å². The number of likely N-dealkylation sites (tertiary alicyclic amines) is 1. The molecule has 0 radical (unpaired) electrons. The summed E-state index contributed by atoms with van der Waals surface area (Å²) in [4.78, 5) is 30.5. The van der Waals surface area contributed by atoms with Crippen LogP contribution in [0.5, 0.6) is 0 Å². The summed E-state index contributed by atoms with van der Waals surface area (Å²) in [6.07, 6.45) is 8.37. The Labute approximate surface area is 188 Å². The molecule has 1 N–H and O–H groups in total. The molecule has 3 rings (SSSR count). The molecule has 1 aromatic carbocycles. The van der Waals surface area contributed by atoms with Crippen LogP contribution in [0.4, 0.5) is 0 Å². The maximum Gasteiger partial charge on any atom is 0.246 e. The molecule has 2 saturated heterocycles. The number of nitrogens with one attached hydrogen (secondary N) is 1. The van der Waals surface area contributed by atoms with E-state index in [9.17, 15) is 9.59 Å². The fraction of sp³-hybridized carbons (Fsp3) is 0.692. The van der Waals surface area contributed by atoms with Crippen molar-refractivity contribution in [3.8, 4) is 0 Å². The molecule has 0 aliphatic carbocycles. The van der Waals surface area contributed by atoms with Gasteiger partial charge >= 0.3 is 0 Å². The Morgan fingerprint density at radius 3 is 2.35 bits per heavy atom. The van der Waals surface area contributed by atoms with Gasteiger partial charge in [-0.15, -0.1) is 0 Å². The zero-order valence-electron chi connectivity index (χ0n) is 19.7. The van der Waals surface area contributed by atoms with Gasteiger partial charge in [-0.05, 0) is 63.5 Å². The lowest BCUT2D eigenvalue weighted by Crippen LogP contribution is -2.72. The van der Waals surface area contributed by atoms with Gasteiger partial charge in [0.1, 0.15) is 11.6 Å². The van der Waals surface area contributed by atoms with Crippen molar-refractivity contribution in [2.75, 3.05) is 26.2 Å². The van der Waals surface area contributed by atoms with Gasteiger partial charge in [0, 0.05) is 19.6 Å². The van der Waals surface area contributed by atoms with E-state index < -0.39 is 5.54 Å². The molecule has 1 atom stereocenters. The molecule has 0 aromatic heterocycles. The number of carbonyl (C=O) groups is 2. The summed E-state index contributed by atoms with van der Waals surface area (Å²) in [5, 5.41) is 3.07. The van der Waals surface area contributed by atoms with Crippen molar-refractivity contribution < 1.29 is 9.59 Å². The summed E-state index contributed by atoms with van der Waals surface area (Å²) in [6, 6.07) is 10.4. The average molecular weight is 428 g/mol. The molecule has 0 saturated carbocycles. The molecule has 2 aliphatic heterocycles. The van der Waals surface area contributed by atoms with E-state index in [0.29, 0.717) is 18.9 Å². The van der Waals surface area contributed by atoms with Gasteiger partial charge in [0.2, 0.25) is 11.8 Å². The van der Waals surface area contributed by atoms with Crippen LogP contribution in [-0.2, 0) is 16.0 Å². The van der Waals surface area contributed by atoms with Crippen LogP contribution in [0.3, 0.4) is 0 Å². The van der Waals surface area contributed by atoms with Crippen LogP contribution < -0.4 is 5.32 Å². The van der Waals surface area contributed by atoms with Crippen molar-refractivity contribution >= 4 is 11.8 Å². The first-order valence-corrected chi connectivity index (χ1v) is 12.3. The van der Waals surface area contributed by atoms with Gasteiger partial charge in [0.15, 0.2) is 0 Å². The molecule has 172 valence electrons. The highest BCUT2D eigenvalue weighted by molar-refractivity contribution is 6.00. The second-order valence-corrected chi connectivity index (χ2v) is 9.76. The van der Waals surface area contributed by atoms with Crippen LogP contribution in [0, 0.1) is 5.92 Å². The summed E-state index contributed by atoms with van der Waals surface area (Å²) in [5.74, 6) is 0.569. The minimum absolute atomic E-state index is 0.0696. The monoisotopic (exact) mass is 427 g/mol. The van der Waals surface area contributed by atoms with Crippen LogP contribution in [0.25, 0.3) is 0 Å². The van der Waals surface area contributed by atoms with E-state index in [2.05, 4.69) is 54.4 Å². The normalized spacial score (nSPS) is 21.7. The number of amides is 2. The van der Waals surface area contributed by atoms with E-state index in [1.54, 1.807) is 0 Å². The number of piperidine rings is 1. The van der Waals surface area contributed by atoms with Crippen LogP contribution in [0.15, 0.2) is 30.3 Å². The lowest BCUT2D eigenvalue weighted by Gasteiger charge is -2.51. The van der Waals surface area contributed by atoms with Gasteiger partial charge in [-0.1, -0.05) is 57.0 Å². The highest BCUT2D eigenvalue weighted by Crippen LogP contribution is 2.33. The maximum absolute atomic E-state index is 13.1.